The molecule has 1 aromatic rings. The molecule has 0 aliphatic heterocycles. The Kier molecular flexibility index (Phi) is 4.06. The van der Waals surface area contributed by atoms with Crippen molar-refractivity contribution in [3.05, 3.63) is 42.4 Å². The van der Waals surface area contributed by atoms with Gasteiger partial charge in [0.15, 0.2) is 16.5 Å². The fourth-order valence-electron chi connectivity index (χ4n) is 1.93. The summed E-state index contributed by atoms with van der Waals surface area (Å²) in [5.41, 5.74) is 6.12. The number of carbonyl (C=O) groups excluding carboxylic acids is 1. The Bertz CT molecular complexity index is 575. The van der Waals surface area contributed by atoms with Crippen molar-refractivity contribution in [2.24, 2.45) is 5.73 Å². The summed E-state index contributed by atoms with van der Waals surface area (Å²) in [5.74, 6) is -0.270. The molecule has 2 rings (SSSR count). The normalized spacial score (nSPS) is 24.5. The Morgan fingerprint density at radius 1 is 1.45 bits per heavy atom. The minimum atomic E-state index is -1.02. The van der Waals surface area contributed by atoms with Gasteiger partial charge in [0.25, 0.3) is 0 Å². The molecule has 6 nitrogen and oxygen atoms in total. The number of nitrogens with zero attached hydrogens (tertiary/aromatic N) is 3. The van der Waals surface area contributed by atoms with Crippen molar-refractivity contribution in [3.63, 3.8) is 0 Å². The fourth-order valence-corrected chi connectivity index (χ4v) is 2.16. The zero-order valence-electron chi connectivity index (χ0n) is 11.2. The van der Waals surface area contributed by atoms with Crippen LogP contribution in [-0.4, -0.2) is 41.1 Å². The molecule has 2 atom stereocenters. The largest absolute Gasteiger partial charge is 0.464 e. The molecule has 7 heteroatoms. The van der Waals surface area contributed by atoms with Gasteiger partial charge in [0, 0.05) is 19.4 Å². The van der Waals surface area contributed by atoms with E-state index in [4.69, 9.17) is 22.1 Å². The van der Waals surface area contributed by atoms with Crippen LogP contribution in [0.25, 0.3) is 0 Å². The van der Waals surface area contributed by atoms with Crippen molar-refractivity contribution in [1.29, 1.82) is 0 Å². The van der Waals surface area contributed by atoms with E-state index in [9.17, 15) is 4.79 Å². The van der Waals surface area contributed by atoms with Gasteiger partial charge < -0.3 is 15.4 Å². The topological polar surface area (TPSA) is 81.3 Å². The van der Waals surface area contributed by atoms with Gasteiger partial charge in [0.05, 0.1) is 13.2 Å². The number of rotatable bonds is 3. The van der Waals surface area contributed by atoms with Gasteiger partial charge in [-0.25, -0.2) is 14.8 Å². The molecule has 0 saturated carbocycles. The zero-order valence-corrected chi connectivity index (χ0v) is 11.9. The molecule has 1 aliphatic rings. The highest BCUT2D eigenvalue weighted by Gasteiger charge is 2.38. The third-order valence-electron chi connectivity index (χ3n) is 3.12. The standard InChI is InChI=1S/C13H15ClN4O2/c1-18(13(14)6-4-3-5-9(13)15)11-10(12(19)20-2)16-7-8-17-11/h3-9H,15H2,1-2H3. The van der Waals surface area contributed by atoms with E-state index in [0.29, 0.717) is 5.82 Å². The third kappa shape index (κ3) is 2.39. The number of likely N-dealkylation sites (N-methyl/N-ethyl adjacent to an activating group) is 1. The van der Waals surface area contributed by atoms with Crippen LogP contribution in [-0.2, 0) is 4.74 Å². The zero-order chi connectivity index (χ0) is 14.8. The number of hydrogen-bond acceptors (Lipinski definition) is 6. The van der Waals surface area contributed by atoms with Crippen LogP contribution in [0.2, 0.25) is 0 Å². The Morgan fingerprint density at radius 2 is 2.15 bits per heavy atom. The van der Waals surface area contributed by atoms with E-state index in [1.165, 1.54) is 19.5 Å². The van der Waals surface area contributed by atoms with Gasteiger partial charge in [0.2, 0.25) is 0 Å². The first kappa shape index (κ1) is 14.5. The van der Waals surface area contributed by atoms with Crippen LogP contribution < -0.4 is 10.6 Å². The van der Waals surface area contributed by atoms with E-state index in [1.807, 2.05) is 6.08 Å². The quantitative estimate of drug-likeness (QED) is 0.510. The van der Waals surface area contributed by atoms with E-state index in [1.54, 1.807) is 30.2 Å². The number of nitrogens with two attached hydrogens (primary N) is 1. The number of hydrogen-bond donors (Lipinski definition) is 1. The highest BCUT2D eigenvalue weighted by atomic mass is 35.5. The number of allylic oxidation sites excluding steroid dienone is 2. The van der Waals surface area contributed by atoms with Crippen LogP contribution in [0, 0.1) is 0 Å². The number of halogens is 1. The number of methoxy groups -OCH3 is 1. The maximum Gasteiger partial charge on any atom is 0.360 e. The Balaban J connectivity index is 2.44. The lowest BCUT2D eigenvalue weighted by Gasteiger charge is -2.39. The molecule has 2 N–H and O–H groups in total. The summed E-state index contributed by atoms with van der Waals surface area (Å²) in [7, 11) is 2.99. The van der Waals surface area contributed by atoms with Crippen LogP contribution in [0.15, 0.2) is 36.7 Å². The second-order valence-corrected chi connectivity index (χ2v) is 4.88. The summed E-state index contributed by atoms with van der Waals surface area (Å²) in [4.78, 5) is 20.5. The van der Waals surface area contributed by atoms with Crippen LogP contribution in [0.3, 0.4) is 0 Å². The number of ether oxygens (including phenoxy) is 1. The summed E-state index contributed by atoms with van der Waals surface area (Å²) in [6.45, 7) is 0. The third-order valence-corrected chi connectivity index (χ3v) is 3.75. The second-order valence-electron chi connectivity index (χ2n) is 4.28. The molecule has 0 amide bonds. The number of carbonyl (C=O) groups is 1. The van der Waals surface area contributed by atoms with Crippen molar-refractivity contribution in [3.8, 4) is 0 Å². The van der Waals surface area contributed by atoms with Gasteiger partial charge in [-0.3, -0.25) is 0 Å². The predicted octanol–water partition coefficient (Wildman–Crippen LogP) is 1.09. The van der Waals surface area contributed by atoms with Crippen molar-refractivity contribution in [1.82, 2.24) is 9.97 Å². The van der Waals surface area contributed by atoms with E-state index in [0.717, 1.165) is 0 Å². The predicted molar refractivity (Wildman–Crippen MR) is 76.6 cm³/mol. The Morgan fingerprint density at radius 3 is 2.80 bits per heavy atom. The molecule has 0 bridgehead atoms. The SMILES string of the molecule is COC(=O)c1nccnc1N(C)C1(Cl)C=CC=CC1N. The Labute approximate surface area is 121 Å². The summed E-state index contributed by atoms with van der Waals surface area (Å²) in [6, 6.07) is -0.452. The van der Waals surface area contributed by atoms with Crippen LogP contribution in [0.5, 0.6) is 0 Å². The van der Waals surface area contributed by atoms with E-state index in [-0.39, 0.29) is 5.69 Å². The lowest BCUT2D eigenvalue weighted by Crippen LogP contribution is -2.54. The molecular formula is C13H15ClN4O2. The molecule has 20 heavy (non-hydrogen) atoms. The maximum absolute atomic E-state index is 11.7. The number of anilines is 1. The first-order valence-corrected chi connectivity index (χ1v) is 6.32. The minimum Gasteiger partial charge on any atom is -0.464 e. The first-order chi connectivity index (χ1) is 9.50. The molecule has 2 unspecified atom stereocenters. The lowest BCUT2D eigenvalue weighted by molar-refractivity contribution is 0.0594. The molecule has 0 spiro atoms. The number of alkyl halides is 1. The lowest BCUT2D eigenvalue weighted by atomic mass is 10.0. The van der Waals surface area contributed by atoms with Gasteiger partial charge in [-0.05, 0) is 6.08 Å². The van der Waals surface area contributed by atoms with Gasteiger partial charge >= 0.3 is 5.97 Å². The molecule has 0 saturated heterocycles. The Hall–Kier alpha value is -1.92. The molecule has 0 radical (unpaired) electrons. The summed E-state index contributed by atoms with van der Waals surface area (Å²) >= 11 is 6.57. The van der Waals surface area contributed by atoms with E-state index >= 15 is 0 Å². The summed E-state index contributed by atoms with van der Waals surface area (Å²) in [5, 5.41) is 0. The molecule has 0 fully saturated rings. The van der Waals surface area contributed by atoms with E-state index in [2.05, 4.69) is 9.97 Å². The molecule has 0 aromatic carbocycles. The van der Waals surface area contributed by atoms with Gasteiger partial charge in [-0.1, -0.05) is 29.8 Å². The second kappa shape index (κ2) is 5.60. The maximum atomic E-state index is 11.7. The van der Waals surface area contributed by atoms with Gasteiger partial charge in [-0.2, -0.15) is 0 Å². The van der Waals surface area contributed by atoms with Crippen molar-refractivity contribution in [2.45, 2.75) is 11.0 Å². The van der Waals surface area contributed by atoms with Gasteiger partial charge in [0.1, 0.15) is 0 Å². The summed E-state index contributed by atoms with van der Waals surface area (Å²) < 4.78 is 4.70. The van der Waals surface area contributed by atoms with Crippen molar-refractivity contribution < 1.29 is 9.53 Å². The number of esters is 1. The average Bonchev–Trinajstić information content (AvgIpc) is 2.48. The highest BCUT2D eigenvalue weighted by Crippen LogP contribution is 2.32. The monoisotopic (exact) mass is 294 g/mol. The average molecular weight is 295 g/mol. The molecule has 1 heterocycles. The van der Waals surface area contributed by atoms with Crippen LogP contribution >= 0.6 is 11.6 Å². The van der Waals surface area contributed by atoms with E-state index < -0.39 is 17.0 Å². The molecule has 106 valence electrons. The van der Waals surface area contributed by atoms with Crippen molar-refractivity contribution >= 4 is 23.4 Å². The van der Waals surface area contributed by atoms with Gasteiger partial charge in [-0.15, -0.1) is 0 Å². The molecule has 1 aliphatic carbocycles. The first-order valence-electron chi connectivity index (χ1n) is 5.94. The fraction of sp³-hybridized carbons (Fsp3) is 0.308. The highest BCUT2D eigenvalue weighted by molar-refractivity contribution is 6.27. The number of aromatic nitrogens is 2. The van der Waals surface area contributed by atoms with Crippen molar-refractivity contribution in [2.75, 3.05) is 19.1 Å². The molecule has 1 aromatic heterocycles. The van der Waals surface area contributed by atoms with Crippen LogP contribution in [0.4, 0.5) is 5.82 Å². The molecular weight excluding hydrogens is 280 g/mol. The summed E-state index contributed by atoms with van der Waals surface area (Å²) in [6.07, 6.45) is 10.0. The smallest absolute Gasteiger partial charge is 0.360 e. The van der Waals surface area contributed by atoms with Crippen LogP contribution in [0.1, 0.15) is 10.5 Å². The minimum absolute atomic E-state index is 0.0904.